The Morgan fingerprint density at radius 2 is 2.35 bits per heavy atom. The van der Waals surface area contributed by atoms with Crippen LogP contribution in [0.2, 0.25) is 0 Å². The second kappa shape index (κ2) is 7.98. The second-order valence-corrected chi connectivity index (χ2v) is 5.63. The van der Waals surface area contributed by atoms with Gasteiger partial charge in [-0.3, -0.25) is 0 Å². The van der Waals surface area contributed by atoms with Crippen molar-refractivity contribution in [1.82, 2.24) is 10.2 Å². The van der Waals surface area contributed by atoms with Crippen molar-refractivity contribution in [2.45, 2.75) is 45.4 Å². The molecule has 1 saturated heterocycles. The number of furan rings is 1. The van der Waals surface area contributed by atoms with Crippen molar-refractivity contribution in [2.75, 3.05) is 19.6 Å². The summed E-state index contributed by atoms with van der Waals surface area (Å²) < 4.78 is 5.26. The summed E-state index contributed by atoms with van der Waals surface area (Å²) in [5, 5.41) is 2.99. The maximum atomic E-state index is 12.1. The molecule has 1 fully saturated rings. The van der Waals surface area contributed by atoms with Crippen LogP contribution in [0.1, 0.15) is 44.8 Å². The first kappa shape index (κ1) is 14.9. The minimum absolute atomic E-state index is 0.0775. The number of hydrogen-bond donors (Lipinski definition) is 1. The molecule has 1 aromatic heterocycles. The van der Waals surface area contributed by atoms with E-state index in [2.05, 4.69) is 12.2 Å². The lowest BCUT2D eigenvalue weighted by atomic mass is 9.96. The monoisotopic (exact) mass is 278 g/mol. The lowest BCUT2D eigenvalue weighted by molar-refractivity contribution is 0.199. The normalized spacial score (nSPS) is 19.6. The molecule has 2 rings (SSSR count). The molecule has 1 N–H and O–H groups in total. The molecule has 0 unspecified atom stereocenters. The van der Waals surface area contributed by atoms with Crippen LogP contribution in [-0.2, 0) is 6.42 Å². The molecule has 0 bridgehead atoms. The van der Waals surface area contributed by atoms with Crippen molar-refractivity contribution in [3.05, 3.63) is 24.2 Å². The van der Waals surface area contributed by atoms with E-state index in [0.29, 0.717) is 6.54 Å². The molecular formula is C16H26N2O2. The number of amides is 2. The van der Waals surface area contributed by atoms with Crippen LogP contribution in [0.4, 0.5) is 4.79 Å². The summed E-state index contributed by atoms with van der Waals surface area (Å²) in [6.07, 6.45) is 8.53. The first-order chi connectivity index (χ1) is 9.79. The fourth-order valence-corrected chi connectivity index (χ4v) is 2.92. The van der Waals surface area contributed by atoms with Gasteiger partial charge in [0.05, 0.1) is 6.26 Å². The summed E-state index contributed by atoms with van der Waals surface area (Å²) in [6, 6.07) is 3.89. The Bertz CT molecular complexity index is 389. The van der Waals surface area contributed by atoms with Crippen LogP contribution in [0.15, 0.2) is 22.8 Å². The molecule has 4 heteroatoms. The number of carbonyl (C=O) groups excluding carboxylic acids is 1. The molecule has 1 atom stereocenters. The highest BCUT2D eigenvalue weighted by atomic mass is 16.3. The molecule has 112 valence electrons. The maximum absolute atomic E-state index is 12.1. The molecule has 1 aliphatic heterocycles. The topological polar surface area (TPSA) is 45.5 Å². The summed E-state index contributed by atoms with van der Waals surface area (Å²) in [5.41, 5.74) is 0. The predicted molar refractivity (Wildman–Crippen MR) is 79.6 cm³/mol. The number of likely N-dealkylation sites (tertiary alicyclic amines) is 1. The van der Waals surface area contributed by atoms with Crippen LogP contribution < -0.4 is 5.32 Å². The smallest absolute Gasteiger partial charge is 0.317 e. The molecule has 1 aromatic rings. The third-order valence-corrected chi connectivity index (χ3v) is 4.06. The van der Waals surface area contributed by atoms with E-state index in [0.717, 1.165) is 44.0 Å². The maximum Gasteiger partial charge on any atom is 0.317 e. The molecule has 1 aliphatic rings. The number of nitrogens with zero attached hydrogens (tertiary/aromatic N) is 1. The van der Waals surface area contributed by atoms with Gasteiger partial charge in [-0.05, 0) is 37.3 Å². The Kier molecular flexibility index (Phi) is 5.96. The van der Waals surface area contributed by atoms with Crippen molar-refractivity contribution in [1.29, 1.82) is 0 Å². The average molecular weight is 278 g/mol. The second-order valence-electron chi connectivity index (χ2n) is 5.63. The minimum atomic E-state index is 0.0775. The number of urea groups is 1. The number of hydrogen-bond acceptors (Lipinski definition) is 2. The van der Waals surface area contributed by atoms with Gasteiger partial charge in [0, 0.05) is 26.1 Å². The Labute approximate surface area is 121 Å². The van der Waals surface area contributed by atoms with E-state index in [9.17, 15) is 4.79 Å². The van der Waals surface area contributed by atoms with E-state index in [1.165, 1.54) is 19.3 Å². The Balaban J connectivity index is 1.69. The summed E-state index contributed by atoms with van der Waals surface area (Å²) >= 11 is 0. The van der Waals surface area contributed by atoms with Crippen molar-refractivity contribution < 1.29 is 9.21 Å². The number of nitrogens with one attached hydrogen (secondary N) is 1. The molecule has 0 aliphatic carbocycles. The minimum Gasteiger partial charge on any atom is -0.469 e. The molecule has 4 nitrogen and oxygen atoms in total. The fraction of sp³-hybridized carbons (Fsp3) is 0.688. The van der Waals surface area contributed by atoms with Crippen LogP contribution in [0.25, 0.3) is 0 Å². The van der Waals surface area contributed by atoms with Gasteiger partial charge in [-0.15, -0.1) is 0 Å². The van der Waals surface area contributed by atoms with Gasteiger partial charge in [-0.2, -0.15) is 0 Å². The third kappa shape index (κ3) is 4.58. The molecule has 20 heavy (non-hydrogen) atoms. The first-order valence-corrected chi connectivity index (χ1v) is 7.84. The fourth-order valence-electron chi connectivity index (χ4n) is 2.92. The van der Waals surface area contributed by atoms with Crippen LogP contribution in [0.3, 0.4) is 0 Å². The molecular weight excluding hydrogens is 252 g/mol. The number of carbonyl (C=O) groups is 1. The van der Waals surface area contributed by atoms with Gasteiger partial charge in [-0.25, -0.2) is 4.79 Å². The van der Waals surface area contributed by atoms with Crippen LogP contribution in [0, 0.1) is 5.92 Å². The molecule has 0 radical (unpaired) electrons. The highest BCUT2D eigenvalue weighted by Crippen LogP contribution is 2.21. The lowest BCUT2D eigenvalue weighted by Gasteiger charge is -2.21. The predicted octanol–water partition coefficient (Wildman–Crippen LogP) is 3.43. The largest absolute Gasteiger partial charge is 0.469 e. The Morgan fingerprint density at radius 3 is 3.10 bits per heavy atom. The van der Waals surface area contributed by atoms with Gasteiger partial charge in [0.15, 0.2) is 0 Å². The van der Waals surface area contributed by atoms with Gasteiger partial charge in [0.2, 0.25) is 0 Å². The van der Waals surface area contributed by atoms with Crippen LogP contribution in [0.5, 0.6) is 0 Å². The Hall–Kier alpha value is -1.45. The van der Waals surface area contributed by atoms with Gasteiger partial charge < -0.3 is 14.6 Å². The Morgan fingerprint density at radius 1 is 1.45 bits per heavy atom. The standard InChI is InChI=1S/C16H26N2O2/c1-2-5-14-6-3-11-18(12-9-14)16(19)17-10-8-15-7-4-13-20-15/h4,7,13-14H,2-3,5-6,8-12H2,1H3,(H,17,19)/t14-/m0/s1. The van der Waals surface area contributed by atoms with Gasteiger partial charge in [0.1, 0.15) is 5.76 Å². The molecule has 0 spiro atoms. The molecule has 2 heterocycles. The van der Waals surface area contributed by atoms with Crippen molar-refractivity contribution in [2.24, 2.45) is 5.92 Å². The zero-order valence-corrected chi connectivity index (χ0v) is 12.4. The van der Waals surface area contributed by atoms with Gasteiger partial charge in [-0.1, -0.05) is 19.8 Å². The van der Waals surface area contributed by atoms with Crippen molar-refractivity contribution in [3.8, 4) is 0 Å². The summed E-state index contributed by atoms with van der Waals surface area (Å²) in [5.74, 6) is 1.73. The first-order valence-electron chi connectivity index (χ1n) is 7.84. The van der Waals surface area contributed by atoms with Crippen molar-refractivity contribution >= 4 is 6.03 Å². The van der Waals surface area contributed by atoms with Crippen LogP contribution in [-0.4, -0.2) is 30.6 Å². The number of rotatable bonds is 5. The van der Waals surface area contributed by atoms with E-state index in [4.69, 9.17) is 4.42 Å². The molecule has 2 amide bonds. The van der Waals surface area contributed by atoms with E-state index in [1.54, 1.807) is 6.26 Å². The summed E-state index contributed by atoms with van der Waals surface area (Å²) in [6.45, 7) is 4.68. The van der Waals surface area contributed by atoms with Crippen LogP contribution >= 0.6 is 0 Å². The summed E-state index contributed by atoms with van der Waals surface area (Å²) in [7, 11) is 0. The highest BCUT2D eigenvalue weighted by Gasteiger charge is 2.19. The van der Waals surface area contributed by atoms with E-state index < -0.39 is 0 Å². The lowest BCUT2D eigenvalue weighted by Crippen LogP contribution is -2.41. The average Bonchev–Trinajstić information content (AvgIpc) is 2.84. The van der Waals surface area contributed by atoms with Crippen molar-refractivity contribution in [3.63, 3.8) is 0 Å². The van der Waals surface area contributed by atoms with Gasteiger partial charge in [0.25, 0.3) is 0 Å². The van der Waals surface area contributed by atoms with E-state index in [1.807, 2.05) is 17.0 Å². The zero-order chi connectivity index (χ0) is 14.2. The quantitative estimate of drug-likeness (QED) is 0.896. The van der Waals surface area contributed by atoms with Gasteiger partial charge >= 0.3 is 6.03 Å². The SMILES string of the molecule is CCC[C@H]1CCCN(C(=O)NCCc2ccco2)CC1. The molecule has 0 saturated carbocycles. The zero-order valence-electron chi connectivity index (χ0n) is 12.4. The summed E-state index contributed by atoms with van der Waals surface area (Å²) in [4.78, 5) is 14.1. The van der Waals surface area contributed by atoms with E-state index in [-0.39, 0.29) is 6.03 Å². The highest BCUT2D eigenvalue weighted by molar-refractivity contribution is 5.74. The molecule has 0 aromatic carbocycles. The van der Waals surface area contributed by atoms with E-state index >= 15 is 0 Å². The third-order valence-electron chi connectivity index (χ3n) is 4.06.